The molecule has 2 fully saturated rings. The maximum Gasteiger partial charge on any atom is 0.136 e. The largest absolute Gasteiger partial charge is 0.381 e. The van der Waals surface area contributed by atoms with Crippen LogP contribution in [0.15, 0.2) is 0 Å². The van der Waals surface area contributed by atoms with Crippen molar-refractivity contribution < 1.29 is 9.53 Å². The molecule has 2 saturated carbocycles. The molecule has 11 heavy (non-hydrogen) atoms. The van der Waals surface area contributed by atoms with Crippen LogP contribution < -0.4 is 0 Å². The van der Waals surface area contributed by atoms with Gasteiger partial charge in [-0.25, -0.2) is 0 Å². The Bertz CT molecular complexity index is 176. The lowest BCUT2D eigenvalue weighted by Gasteiger charge is -2.45. The molecule has 0 amide bonds. The molecule has 0 heterocycles. The fraction of sp³-hybridized carbons (Fsp3) is 0.889. The van der Waals surface area contributed by atoms with Crippen LogP contribution >= 0.6 is 0 Å². The minimum Gasteiger partial charge on any atom is -0.381 e. The van der Waals surface area contributed by atoms with Gasteiger partial charge in [-0.3, -0.25) is 4.79 Å². The highest BCUT2D eigenvalue weighted by atomic mass is 16.5. The fourth-order valence-corrected chi connectivity index (χ4v) is 2.39. The van der Waals surface area contributed by atoms with Crippen molar-refractivity contribution in [3.05, 3.63) is 0 Å². The normalized spacial score (nSPS) is 43.0. The van der Waals surface area contributed by atoms with Crippen LogP contribution in [0.1, 0.15) is 25.7 Å². The summed E-state index contributed by atoms with van der Waals surface area (Å²) in [6.07, 6.45) is 4.48. The summed E-state index contributed by atoms with van der Waals surface area (Å²) in [7, 11) is 1.75. The molecule has 3 unspecified atom stereocenters. The molecule has 0 bridgehead atoms. The van der Waals surface area contributed by atoms with Gasteiger partial charge in [-0.05, 0) is 25.2 Å². The number of hydrogen-bond donors (Lipinski definition) is 0. The third-order valence-electron chi connectivity index (χ3n) is 3.16. The SMILES string of the molecule is COC1CC2C(=O)CCCC12. The Hall–Kier alpha value is -0.370. The number of ketones is 1. The first kappa shape index (κ1) is 7.29. The van der Waals surface area contributed by atoms with Gasteiger partial charge < -0.3 is 4.74 Å². The highest BCUT2D eigenvalue weighted by Crippen LogP contribution is 2.44. The van der Waals surface area contributed by atoms with E-state index in [-0.39, 0.29) is 0 Å². The molecule has 2 aliphatic carbocycles. The van der Waals surface area contributed by atoms with Crippen LogP contribution in [0.5, 0.6) is 0 Å². The average molecular weight is 154 g/mol. The van der Waals surface area contributed by atoms with E-state index in [2.05, 4.69) is 0 Å². The lowest BCUT2D eigenvalue weighted by atomic mass is 9.63. The van der Waals surface area contributed by atoms with Gasteiger partial charge in [0.2, 0.25) is 0 Å². The van der Waals surface area contributed by atoms with Crippen molar-refractivity contribution in [1.82, 2.24) is 0 Å². The molecule has 0 aliphatic heterocycles. The van der Waals surface area contributed by atoms with Gasteiger partial charge in [0.25, 0.3) is 0 Å². The maximum absolute atomic E-state index is 11.3. The van der Waals surface area contributed by atoms with Crippen molar-refractivity contribution in [1.29, 1.82) is 0 Å². The van der Waals surface area contributed by atoms with Crippen LogP contribution in [0.3, 0.4) is 0 Å². The third-order valence-corrected chi connectivity index (χ3v) is 3.16. The zero-order chi connectivity index (χ0) is 7.84. The first-order chi connectivity index (χ1) is 5.33. The molecule has 0 aromatic rings. The van der Waals surface area contributed by atoms with Crippen LogP contribution in [0.25, 0.3) is 0 Å². The number of hydrogen-bond acceptors (Lipinski definition) is 2. The highest BCUT2D eigenvalue weighted by molar-refractivity contribution is 5.83. The number of ether oxygens (including phenoxy) is 1. The quantitative estimate of drug-likeness (QED) is 0.570. The van der Waals surface area contributed by atoms with E-state index in [4.69, 9.17) is 4.74 Å². The summed E-state index contributed by atoms with van der Waals surface area (Å²) in [5.41, 5.74) is 0. The van der Waals surface area contributed by atoms with Crippen LogP contribution in [-0.4, -0.2) is 19.0 Å². The number of Topliss-reactive ketones (excluding diaryl/α,β-unsaturated/α-hetero) is 1. The highest BCUT2D eigenvalue weighted by Gasteiger charge is 2.46. The van der Waals surface area contributed by atoms with E-state index in [9.17, 15) is 4.79 Å². The summed E-state index contributed by atoms with van der Waals surface area (Å²) >= 11 is 0. The zero-order valence-electron chi connectivity index (χ0n) is 6.88. The molecular formula is C9H14O2. The standard InChI is InChI=1S/C9H14O2/c1-11-9-5-7-6(9)3-2-4-8(7)10/h6-7,9H,2-5H2,1H3. The van der Waals surface area contributed by atoms with E-state index < -0.39 is 0 Å². The third kappa shape index (κ3) is 1.00. The lowest BCUT2D eigenvalue weighted by Crippen LogP contribution is -2.48. The summed E-state index contributed by atoms with van der Waals surface area (Å²) in [6.45, 7) is 0. The molecule has 2 heteroatoms. The molecule has 0 aromatic heterocycles. The van der Waals surface area contributed by atoms with Crippen molar-refractivity contribution in [3.8, 4) is 0 Å². The van der Waals surface area contributed by atoms with Gasteiger partial charge in [-0.15, -0.1) is 0 Å². The number of rotatable bonds is 1. The molecule has 3 atom stereocenters. The predicted octanol–water partition coefficient (Wildman–Crippen LogP) is 1.39. The minimum absolute atomic E-state index is 0.369. The lowest BCUT2D eigenvalue weighted by molar-refractivity contribution is -0.144. The van der Waals surface area contributed by atoms with Gasteiger partial charge in [-0.1, -0.05) is 0 Å². The Morgan fingerprint density at radius 3 is 3.09 bits per heavy atom. The van der Waals surface area contributed by atoms with E-state index >= 15 is 0 Å². The smallest absolute Gasteiger partial charge is 0.136 e. The molecule has 2 aliphatic rings. The molecule has 0 aromatic carbocycles. The van der Waals surface area contributed by atoms with E-state index in [0.29, 0.717) is 23.7 Å². The molecule has 0 N–H and O–H groups in total. The van der Waals surface area contributed by atoms with Crippen LogP contribution in [-0.2, 0) is 9.53 Å². The van der Waals surface area contributed by atoms with Gasteiger partial charge in [0.1, 0.15) is 5.78 Å². The van der Waals surface area contributed by atoms with Gasteiger partial charge >= 0.3 is 0 Å². The van der Waals surface area contributed by atoms with Crippen molar-refractivity contribution in [2.45, 2.75) is 31.8 Å². The van der Waals surface area contributed by atoms with E-state index in [0.717, 1.165) is 19.3 Å². The minimum atomic E-state index is 0.369. The fourth-order valence-electron chi connectivity index (χ4n) is 2.39. The van der Waals surface area contributed by atoms with Crippen molar-refractivity contribution >= 4 is 5.78 Å². The summed E-state index contributed by atoms with van der Waals surface area (Å²) in [4.78, 5) is 11.3. The number of carbonyl (C=O) groups is 1. The van der Waals surface area contributed by atoms with E-state index in [1.54, 1.807) is 7.11 Å². The van der Waals surface area contributed by atoms with Gasteiger partial charge in [0.05, 0.1) is 6.10 Å². The Kier molecular flexibility index (Phi) is 1.72. The Morgan fingerprint density at radius 1 is 1.55 bits per heavy atom. The van der Waals surface area contributed by atoms with E-state index in [1.165, 1.54) is 6.42 Å². The number of carbonyl (C=O) groups excluding carboxylic acids is 1. The van der Waals surface area contributed by atoms with E-state index in [1.807, 2.05) is 0 Å². The van der Waals surface area contributed by atoms with Crippen molar-refractivity contribution in [2.75, 3.05) is 7.11 Å². The second-order valence-electron chi connectivity index (χ2n) is 3.64. The van der Waals surface area contributed by atoms with Crippen LogP contribution in [0, 0.1) is 11.8 Å². The molecule has 2 nitrogen and oxygen atoms in total. The Balaban J connectivity index is 1.99. The number of methoxy groups -OCH3 is 1. The number of fused-ring (bicyclic) bond motifs is 1. The van der Waals surface area contributed by atoms with Gasteiger partial charge in [0, 0.05) is 19.4 Å². The molecule has 0 saturated heterocycles. The predicted molar refractivity (Wildman–Crippen MR) is 41.3 cm³/mol. The monoisotopic (exact) mass is 154 g/mol. The summed E-state index contributed by atoms with van der Waals surface area (Å²) in [5.74, 6) is 1.42. The van der Waals surface area contributed by atoms with Gasteiger partial charge in [0.15, 0.2) is 0 Å². The Labute approximate surface area is 66.9 Å². The summed E-state index contributed by atoms with van der Waals surface area (Å²) < 4.78 is 5.25. The summed E-state index contributed by atoms with van der Waals surface area (Å²) in [6, 6.07) is 0. The zero-order valence-corrected chi connectivity index (χ0v) is 6.88. The van der Waals surface area contributed by atoms with Crippen LogP contribution in [0.4, 0.5) is 0 Å². The first-order valence-electron chi connectivity index (χ1n) is 4.38. The average Bonchev–Trinajstić information content (AvgIpc) is 1.95. The van der Waals surface area contributed by atoms with Crippen LogP contribution in [0.2, 0.25) is 0 Å². The maximum atomic E-state index is 11.3. The van der Waals surface area contributed by atoms with Crippen molar-refractivity contribution in [2.24, 2.45) is 11.8 Å². The molecule has 0 radical (unpaired) electrons. The molecular weight excluding hydrogens is 140 g/mol. The molecule has 0 spiro atoms. The van der Waals surface area contributed by atoms with Gasteiger partial charge in [-0.2, -0.15) is 0 Å². The first-order valence-corrected chi connectivity index (χ1v) is 4.38. The second-order valence-corrected chi connectivity index (χ2v) is 3.64. The molecule has 2 rings (SSSR count). The topological polar surface area (TPSA) is 26.3 Å². The summed E-state index contributed by atoms with van der Waals surface area (Å²) in [5, 5.41) is 0. The Morgan fingerprint density at radius 2 is 2.36 bits per heavy atom. The second kappa shape index (κ2) is 2.59. The van der Waals surface area contributed by atoms with Crippen molar-refractivity contribution in [3.63, 3.8) is 0 Å². The molecule has 62 valence electrons.